The topological polar surface area (TPSA) is 32.6 Å². The van der Waals surface area contributed by atoms with Gasteiger partial charge in [-0.05, 0) is 30.6 Å². The van der Waals surface area contributed by atoms with E-state index in [4.69, 9.17) is 5.21 Å². The Morgan fingerprint density at radius 2 is 2.08 bits per heavy atom. The van der Waals surface area contributed by atoms with Gasteiger partial charge in [-0.2, -0.15) is 0 Å². The summed E-state index contributed by atoms with van der Waals surface area (Å²) in [7, 11) is 0. The van der Waals surface area contributed by atoms with E-state index in [1.807, 2.05) is 0 Å². The third kappa shape index (κ3) is 2.42. The first-order valence-electron chi connectivity index (χ1n) is 4.80. The number of hydrogen-bond acceptors (Lipinski definition) is 2. The second kappa shape index (κ2) is 3.64. The van der Waals surface area contributed by atoms with Gasteiger partial charge in [0.25, 0.3) is 0 Å². The Balaban J connectivity index is 2.61. The van der Waals surface area contributed by atoms with E-state index >= 15 is 0 Å². The minimum Gasteiger partial charge on any atom is -0.411 e. The summed E-state index contributed by atoms with van der Waals surface area (Å²) in [6.07, 6.45) is 0.995. The largest absolute Gasteiger partial charge is 0.411 e. The van der Waals surface area contributed by atoms with Crippen LogP contribution in [0.5, 0.6) is 0 Å². The number of nitrogens with zero attached hydrogens (tertiary/aromatic N) is 1. The van der Waals surface area contributed by atoms with Gasteiger partial charge < -0.3 is 5.21 Å². The smallest absolute Gasteiger partial charge is 0.142 e. The van der Waals surface area contributed by atoms with Crippen molar-refractivity contribution in [1.82, 2.24) is 0 Å². The molecule has 0 aromatic carbocycles. The minimum absolute atomic E-state index is 0.158. The van der Waals surface area contributed by atoms with E-state index in [1.54, 1.807) is 0 Å². The molecular weight excluding hydrogens is 169 g/mol. The van der Waals surface area contributed by atoms with Crippen molar-refractivity contribution in [2.24, 2.45) is 16.5 Å². The molecule has 0 heterocycles. The average Bonchev–Trinajstić information content (AvgIpc) is 2.02. The second-order valence-electron chi connectivity index (χ2n) is 4.90. The molecule has 13 heavy (non-hydrogen) atoms. The fourth-order valence-corrected chi connectivity index (χ4v) is 1.88. The Morgan fingerprint density at radius 3 is 2.46 bits per heavy atom. The molecule has 0 amide bonds. The van der Waals surface area contributed by atoms with E-state index in [9.17, 15) is 4.39 Å². The van der Waals surface area contributed by atoms with Crippen LogP contribution in [0, 0.1) is 11.3 Å². The summed E-state index contributed by atoms with van der Waals surface area (Å²) in [5.74, 6) is 0.396. The normalized spacial score (nSPS) is 33.7. The number of alkyl halides is 1. The van der Waals surface area contributed by atoms with Gasteiger partial charge in [-0.15, -0.1) is 0 Å². The van der Waals surface area contributed by atoms with Crippen molar-refractivity contribution < 1.29 is 9.60 Å². The Labute approximate surface area is 78.8 Å². The zero-order valence-corrected chi connectivity index (χ0v) is 8.55. The van der Waals surface area contributed by atoms with Crippen molar-refractivity contribution in [1.29, 1.82) is 0 Å². The summed E-state index contributed by atoms with van der Waals surface area (Å²) >= 11 is 0. The maximum absolute atomic E-state index is 13.3. The second-order valence-corrected chi connectivity index (χ2v) is 4.90. The molecule has 1 rings (SSSR count). The van der Waals surface area contributed by atoms with Gasteiger partial charge in [0, 0.05) is 0 Å². The molecule has 1 N–H and O–H groups in total. The summed E-state index contributed by atoms with van der Waals surface area (Å²) in [5, 5.41) is 11.5. The molecule has 1 aliphatic carbocycles. The molecule has 1 fully saturated rings. The Bertz CT molecular complexity index is 207. The van der Waals surface area contributed by atoms with Crippen molar-refractivity contribution in [3.05, 3.63) is 0 Å². The van der Waals surface area contributed by atoms with Crippen molar-refractivity contribution in [2.75, 3.05) is 0 Å². The first kappa shape index (κ1) is 10.5. The van der Waals surface area contributed by atoms with E-state index in [1.165, 1.54) is 0 Å². The molecule has 1 aliphatic rings. The minimum atomic E-state index is -1.04. The molecule has 1 saturated carbocycles. The SMILES string of the molecule is CC(C)(C)[C@H]1CC/C(=N\O)[C@@H](F)C1. The fraction of sp³-hybridized carbons (Fsp3) is 0.900. The highest BCUT2D eigenvalue weighted by atomic mass is 19.1. The molecule has 0 saturated heterocycles. The van der Waals surface area contributed by atoms with Crippen LogP contribution in [0.2, 0.25) is 0 Å². The molecule has 0 spiro atoms. The molecule has 76 valence electrons. The third-order valence-corrected chi connectivity index (χ3v) is 2.96. The van der Waals surface area contributed by atoms with Crippen molar-refractivity contribution in [2.45, 2.75) is 46.2 Å². The monoisotopic (exact) mass is 187 g/mol. The van der Waals surface area contributed by atoms with Gasteiger partial charge in [0.05, 0.1) is 5.71 Å². The maximum Gasteiger partial charge on any atom is 0.142 e. The number of hydrogen-bond donors (Lipinski definition) is 1. The van der Waals surface area contributed by atoms with Crippen LogP contribution < -0.4 is 0 Å². The third-order valence-electron chi connectivity index (χ3n) is 2.96. The van der Waals surface area contributed by atoms with E-state index in [2.05, 4.69) is 25.9 Å². The first-order valence-corrected chi connectivity index (χ1v) is 4.80. The molecule has 0 aromatic rings. The van der Waals surface area contributed by atoms with E-state index < -0.39 is 6.17 Å². The van der Waals surface area contributed by atoms with Crippen LogP contribution in [-0.4, -0.2) is 17.1 Å². The first-order chi connectivity index (χ1) is 5.95. The highest BCUT2D eigenvalue weighted by Gasteiger charge is 2.34. The van der Waals surface area contributed by atoms with Crippen molar-refractivity contribution in [3.63, 3.8) is 0 Å². The molecule has 0 bridgehead atoms. The molecule has 3 heteroatoms. The van der Waals surface area contributed by atoms with Gasteiger partial charge in [0.15, 0.2) is 0 Å². The predicted octanol–water partition coefficient (Wildman–Crippen LogP) is 3.00. The van der Waals surface area contributed by atoms with Crippen LogP contribution in [0.1, 0.15) is 40.0 Å². The number of rotatable bonds is 0. The van der Waals surface area contributed by atoms with Gasteiger partial charge in [-0.25, -0.2) is 4.39 Å². The summed E-state index contributed by atoms with van der Waals surface area (Å²) < 4.78 is 13.3. The van der Waals surface area contributed by atoms with Crippen LogP contribution in [0.15, 0.2) is 5.16 Å². The zero-order valence-electron chi connectivity index (χ0n) is 8.55. The lowest BCUT2D eigenvalue weighted by Gasteiger charge is -2.35. The van der Waals surface area contributed by atoms with Crippen molar-refractivity contribution >= 4 is 5.71 Å². The summed E-state index contributed by atoms with van der Waals surface area (Å²) in [4.78, 5) is 0. The number of halogens is 1. The van der Waals surface area contributed by atoms with Gasteiger partial charge in [0.1, 0.15) is 6.17 Å². The standard InChI is InChI=1S/C10H18FNO/c1-10(2,3)7-4-5-9(12-13)8(11)6-7/h7-8,13H,4-6H2,1-3H3/b12-9+/t7-,8-/m0/s1. The Morgan fingerprint density at radius 1 is 1.46 bits per heavy atom. The average molecular weight is 187 g/mol. The van der Waals surface area contributed by atoms with Crippen LogP contribution in [0.4, 0.5) is 4.39 Å². The quantitative estimate of drug-likeness (QED) is 0.459. The highest BCUT2D eigenvalue weighted by molar-refractivity contribution is 5.88. The lowest BCUT2D eigenvalue weighted by atomic mass is 9.71. The Hall–Kier alpha value is -0.600. The lowest BCUT2D eigenvalue weighted by molar-refractivity contribution is 0.164. The molecule has 0 aliphatic heterocycles. The molecular formula is C10H18FNO. The number of oxime groups is 1. The molecule has 0 unspecified atom stereocenters. The Kier molecular flexibility index (Phi) is 2.94. The van der Waals surface area contributed by atoms with Crippen LogP contribution >= 0.6 is 0 Å². The maximum atomic E-state index is 13.3. The van der Waals surface area contributed by atoms with Crippen LogP contribution in [-0.2, 0) is 0 Å². The highest BCUT2D eigenvalue weighted by Crippen LogP contribution is 2.37. The summed E-state index contributed by atoms with van der Waals surface area (Å²) in [5.41, 5.74) is 0.478. The molecule has 0 radical (unpaired) electrons. The van der Waals surface area contributed by atoms with Crippen molar-refractivity contribution in [3.8, 4) is 0 Å². The van der Waals surface area contributed by atoms with Crippen LogP contribution in [0.25, 0.3) is 0 Å². The van der Waals surface area contributed by atoms with Crippen LogP contribution in [0.3, 0.4) is 0 Å². The van der Waals surface area contributed by atoms with Gasteiger partial charge >= 0.3 is 0 Å². The summed E-state index contributed by atoms with van der Waals surface area (Å²) in [6, 6.07) is 0. The lowest BCUT2D eigenvalue weighted by Crippen LogP contribution is -2.33. The van der Waals surface area contributed by atoms with Gasteiger partial charge in [0.2, 0.25) is 0 Å². The van der Waals surface area contributed by atoms with E-state index in [0.717, 1.165) is 6.42 Å². The molecule has 2 nitrogen and oxygen atoms in total. The van der Waals surface area contributed by atoms with E-state index in [0.29, 0.717) is 24.5 Å². The van der Waals surface area contributed by atoms with E-state index in [-0.39, 0.29) is 5.41 Å². The predicted molar refractivity (Wildman–Crippen MR) is 50.9 cm³/mol. The summed E-state index contributed by atoms with van der Waals surface area (Å²) in [6.45, 7) is 6.39. The fourth-order valence-electron chi connectivity index (χ4n) is 1.88. The zero-order chi connectivity index (χ0) is 10.1. The van der Waals surface area contributed by atoms with Gasteiger partial charge in [-0.3, -0.25) is 0 Å². The molecule has 2 atom stereocenters. The van der Waals surface area contributed by atoms with Gasteiger partial charge in [-0.1, -0.05) is 25.9 Å². The molecule has 0 aromatic heterocycles.